The average Bonchev–Trinajstić information content (AvgIpc) is 3.53. The Hall–Kier alpha value is -3.52. The zero-order chi connectivity index (χ0) is 33.5. The van der Waals surface area contributed by atoms with Crippen molar-refractivity contribution in [3.05, 3.63) is 70.2 Å². The summed E-state index contributed by atoms with van der Waals surface area (Å²) in [6, 6.07) is 13.0. The fraction of sp³-hybridized carbons (Fsp3) is 0.500. The lowest BCUT2D eigenvalue weighted by molar-refractivity contribution is -0.147. The summed E-state index contributed by atoms with van der Waals surface area (Å²) >= 11 is 6.16. The summed E-state index contributed by atoms with van der Waals surface area (Å²) < 4.78 is 29.8. The van der Waals surface area contributed by atoms with Gasteiger partial charge in [-0.3, -0.25) is 19.2 Å². The van der Waals surface area contributed by atoms with Crippen LogP contribution in [-0.2, 0) is 48.0 Å². The van der Waals surface area contributed by atoms with E-state index in [0.717, 1.165) is 11.1 Å². The summed E-state index contributed by atoms with van der Waals surface area (Å²) in [4.78, 5) is 58.1. The standard InChI is InChI=1S/C32H43ClN6O6S/c1-3-32(36-46(44,45)22-24-8-5-4-6-9-24,19-29(41)38-16-14-37(15-17-38)23(2)40)31(43)39-13-7-10-28(39)30(42)35-21-26-18-27(33)12-11-25(26)20-34/h4-6,8-9,11-12,18,28,36H,3,7,10,13-17,19-22,34H2,1-2H3,(H,35,42). The van der Waals surface area contributed by atoms with Crippen LogP contribution in [0.1, 0.15) is 56.2 Å². The molecular weight excluding hydrogens is 632 g/mol. The average molecular weight is 675 g/mol. The molecule has 0 spiro atoms. The summed E-state index contributed by atoms with van der Waals surface area (Å²) in [5.41, 5.74) is 6.13. The van der Waals surface area contributed by atoms with Crippen molar-refractivity contribution in [2.24, 2.45) is 5.73 Å². The third kappa shape index (κ3) is 8.64. The van der Waals surface area contributed by atoms with Gasteiger partial charge in [-0.05, 0) is 48.1 Å². The van der Waals surface area contributed by atoms with Crippen molar-refractivity contribution in [1.82, 2.24) is 24.7 Å². The minimum absolute atomic E-state index is 0.0216. The largest absolute Gasteiger partial charge is 0.350 e. The maximum Gasteiger partial charge on any atom is 0.245 e. The van der Waals surface area contributed by atoms with Crippen LogP contribution in [0.4, 0.5) is 0 Å². The molecule has 4 rings (SSSR count). The van der Waals surface area contributed by atoms with Crippen molar-refractivity contribution in [3.8, 4) is 0 Å². The Kier molecular flexibility index (Phi) is 11.8. The van der Waals surface area contributed by atoms with E-state index in [9.17, 15) is 27.6 Å². The van der Waals surface area contributed by atoms with Gasteiger partial charge in [0.1, 0.15) is 11.6 Å². The second-order valence-electron chi connectivity index (χ2n) is 11.8. The van der Waals surface area contributed by atoms with Crippen LogP contribution in [0.2, 0.25) is 5.02 Å². The van der Waals surface area contributed by atoms with Gasteiger partial charge >= 0.3 is 0 Å². The molecule has 2 unspecified atom stereocenters. The van der Waals surface area contributed by atoms with Gasteiger partial charge in [0.2, 0.25) is 33.7 Å². The zero-order valence-corrected chi connectivity index (χ0v) is 27.9. The highest BCUT2D eigenvalue weighted by molar-refractivity contribution is 7.88. The molecule has 0 aliphatic carbocycles. The summed E-state index contributed by atoms with van der Waals surface area (Å²) in [6.07, 6.45) is 0.469. The number of carbonyl (C=O) groups is 4. The van der Waals surface area contributed by atoms with Crippen molar-refractivity contribution in [1.29, 1.82) is 0 Å². The highest BCUT2D eigenvalue weighted by Crippen LogP contribution is 2.29. The van der Waals surface area contributed by atoms with Crippen LogP contribution in [0, 0.1) is 0 Å². The first-order valence-corrected chi connectivity index (χ1v) is 17.6. The second-order valence-corrected chi connectivity index (χ2v) is 14.0. The van der Waals surface area contributed by atoms with E-state index in [1.54, 1.807) is 65.3 Å². The number of benzene rings is 2. The van der Waals surface area contributed by atoms with Gasteiger partial charge in [-0.1, -0.05) is 54.9 Å². The minimum Gasteiger partial charge on any atom is -0.350 e. The molecule has 2 aliphatic rings. The lowest BCUT2D eigenvalue weighted by atomic mass is 9.90. The van der Waals surface area contributed by atoms with Gasteiger partial charge in [0.15, 0.2) is 0 Å². The zero-order valence-electron chi connectivity index (χ0n) is 26.3. The molecule has 12 nitrogen and oxygen atoms in total. The quantitative estimate of drug-likeness (QED) is 0.309. The molecule has 0 saturated carbocycles. The number of nitrogens with zero attached hydrogens (tertiary/aromatic N) is 3. The Morgan fingerprint density at radius 1 is 0.978 bits per heavy atom. The summed E-state index contributed by atoms with van der Waals surface area (Å²) in [5, 5.41) is 3.39. The van der Waals surface area contributed by atoms with Crippen molar-refractivity contribution >= 4 is 45.3 Å². The highest BCUT2D eigenvalue weighted by Gasteiger charge is 2.49. The third-order valence-electron chi connectivity index (χ3n) is 8.75. The second kappa shape index (κ2) is 15.4. The Bertz CT molecular complexity index is 1530. The van der Waals surface area contributed by atoms with Gasteiger partial charge in [-0.2, -0.15) is 4.72 Å². The van der Waals surface area contributed by atoms with Gasteiger partial charge in [0.25, 0.3) is 0 Å². The number of hydrogen-bond acceptors (Lipinski definition) is 7. The SMILES string of the molecule is CCC(CC(=O)N1CCN(C(C)=O)CC1)(NS(=O)(=O)Cc1ccccc1)C(=O)N1CCCC1C(=O)NCc1cc(Cl)ccc1CN. The number of piperazine rings is 1. The summed E-state index contributed by atoms with van der Waals surface area (Å²) in [6.45, 7) is 5.00. The van der Waals surface area contributed by atoms with Crippen LogP contribution < -0.4 is 15.8 Å². The number of likely N-dealkylation sites (tertiary alicyclic amines) is 1. The summed E-state index contributed by atoms with van der Waals surface area (Å²) in [7, 11) is -4.12. The molecular formula is C32H43ClN6O6S. The number of halogens is 1. The molecule has 2 heterocycles. The Balaban J connectivity index is 1.58. The van der Waals surface area contributed by atoms with E-state index in [1.807, 2.05) is 0 Å². The fourth-order valence-electron chi connectivity index (χ4n) is 6.09. The molecule has 0 bridgehead atoms. The van der Waals surface area contributed by atoms with E-state index < -0.39 is 45.7 Å². The molecule has 0 radical (unpaired) electrons. The smallest absolute Gasteiger partial charge is 0.245 e. The molecule has 2 aromatic rings. The van der Waals surface area contributed by atoms with E-state index in [-0.39, 0.29) is 50.8 Å². The normalized spacial score (nSPS) is 18.3. The van der Waals surface area contributed by atoms with Gasteiger partial charge < -0.3 is 25.8 Å². The van der Waals surface area contributed by atoms with Gasteiger partial charge in [-0.25, -0.2) is 8.42 Å². The van der Waals surface area contributed by atoms with Crippen molar-refractivity contribution < 1.29 is 27.6 Å². The first kappa shape index (κ1) is 35.3. The monoisotopic (exact) mass is 674 g/mol. The molecule has 46 heavy (non-hydrogen) atoms. The number of nitrogens with two attached hydrogens (primary N) is 1. The van der Waals surface area contributed by atoms with Crippen LogP contribution >= 0.6 is 11.6 Å². The summed E-state index contributed by atoms with van der Waals surface area (Å²) in [5.74, 6) is -1.90. The molecule has 2 saturated heterocycles. The molecule has 2 atom stereocenters. The first-order valence-electron chi connectivity index (χ1n) is 15.5. The van der Waals surface area contributed by atoms with Crippen molar-refractivity contribution in [3.63, 3.8) is 0 Å². The van der Waals surface area contributed by atoms with E-state index in [4.69, 9.17) is 17.3 Å². The molecule has 2 aromatic carbocycles. The highest BCUT2D eigenvalue weighted by atomic mass is 35.5. The van der Waals surface area contributed by atoms with Crippen LogP contribution in [0.15, 0.2) is 48.5 Å². The third-order valence-corrected chi connectivity index (χ3v) is 10.4. The van der Waals surface area contributed by atoms with Crippen LogP contribution in [0.5, 0.6) is 0 Å². The van der Waals surface area contributed by atoms with Crippen molar-refractivity contribution in [2.75, 3.05) is 32.7 Å². The molecule has 4 N–H and O–H groups in total. The predicted octanol–water partition coefficient (Wildman–Crippen LogP) is 1.76. The number of amides is 4. The molecule has 250 valence electrons. The van der Waals surface area contributed by atoms with E-state index in [1.165, 1.54) is 11.8 Å². The van der Waals surface area contributed by atoms with Gasteiger partial charge in [-0.15, -0.1) is 0 Å². The van der Waals surface area contributed by atoms with E-state index >= 15 is 0 Å². The lowest BCUT2D eigenvalue weighted by Gasteiger charge is -2.40. The van der Waals surface area contributed by atoms with Crippen molar-refractivity contribution in [2.45, 2.75) is 70.0 Å². The molecule has 4 amide bonds. The Morgan fingerprint density at radius 2 is 1.65 bits per heavy atom. The Morgan fingerprint density at radius 3 is 2.28 bits per heavy atom. The maximum absolute atomic E-state index is 14.5. The topological polar surface area (TPSA) is 162 Å². The number of hydrogen-bond donors (Lipinski definition) is 3. The van der Waals surface area contributed by atoms with Crippen LogP contribution in [0.3, 0.4) is 0 Å². The lowest BCUT2D eigenvalue weighted by Crippen LogP contribution is -2.63. The number of sulfonamides is 1. The van der Waals surface area contributed by atoms with Gasteiger partial charge in [0.05, 0.1) is 12.2 Å². The molecule has 14 heteroatoms. The molecule has 2 fully saturated rings. The molecule has 2 aliphatic heterocycles. The maximum atomic E-state index is 14.5. The first-order chi connectivity index (χ1) is 21.9. The minimum atomic E-state index is -4.12. The fourth-order valence-corrected chi connectivity index (χ4v) is 7.88. The van der Waals surface area contributed by atoms with Crippen LogP contribution in [-0.4, -0.2) is 91.1 Å². The number of rotatable bonds is 12. The number of carbonyl (C=O) groups excluding carboxylic acids is 4. The van der Waals surface area contributed by atoms with Crippen LogP contribution in [0.25, 0.3) is 0 Å². The van der Waals surface area contributed by atoms with E-state index in [0.29, 0.717) is 36.5 Å². The van der Waals surface area contributed by atoms with E-state index in [2.05, 4.69) is 10.0 Å². The molecule has 0 aromatic heterocycles. The van der Waals surface area contributed by atoms with Gasteiger partial charge in [0, 0.05) is 57.8 Å². The number of nitrogens with one attached hydrogen (secondary N) is 2. The Labute approximate surface area is 275 Å². The predicted molar refractivity (Wildman–Crippen MR) is 175 cm³/mol.